The molecule has 1 aliphatic rings. The molecular formula is C16H24N6OS. The van der Waals surface area contributed by atoms with Crippen LogP contribution < -0.4 is 5.32 Å². The number of rotatable bonds is 4. The van der Waals surface area contributed by atoms with Gasteiger partial charge in [-0.1, -0.05) is 20.8 Å². The van der Waals surface area contributed by atoms with E-state index in [9.17, 15) is 4.79 Å². The predicted molar refractivity (Wildman–Crippen MR) is 94.1 cm³/mol. The highest BCUT2D eigenvalue weighted by atomic mass is 32.1. The van der Waals surface area contributed by atoms with Gasteiger partial charge in [0.2, 0.25) is 5.91 Å². The molecule has 0 unspecified atom stereocenters. The smallest absolute Gasteiger partial charge is 0.240 e. The fourth-order valence-corrected chi connectivity index (χ4v) is 3.79. The van der Waals surface area contributed by atoms with E-state index in [-0.39, 0.29) is 17.4 Å². The number of aromatic nitrogens is 4. The molecule has 24 heavy (non-hydrogen) atoms. The number of aromatic amines is 1. The summed E-state index contributed by atoms with van der Waals surface area (Å²) in [7, 11) is 0. The van der Waals surface area contributed by atoms with Crippen LogP contribution in [0.3, 0.4) is 0 Å². The summed E-state index contributed by atoms with van der Waals surface area (Å²) in [6.07, 6.45) is 2.03. The van der Waals surface area contributed by atoms with Crippen molar-refractivity contribution in [2.45, 2.75) is 52.0 Å². The zero-order valence-electron chi connectivity index (χ0n) is 14.6. The second kappa shape index (κ2) is 6.60. The molecule has 2 aromatic rings. The van der Waals surface area contributed by atoms with Gasteiger partial charge in [-0.2, -0.15) is 5.10 Å². The first-order valence-electron chi connectivity index (χ1n) is 8.22. The number of carbonyl (C=O) groups is 1. The lowest BCUT2D eigenvalue weighted by molar-refractivity contribution is -0.117. The van der Waals surface area contributed by atoms with Crippen LogP contribution in [-0.2, 0) is 10.2 Å². The summed E-state index contributed by atoms with van der Waals surface area (Å²) in [5.74, 6) is 1.55. The standard InChI is InChI=1S/C16H24N6OS/c1-10-17-14(21-20-10)11-6-5-7-22(11)8-13(23)19-15-18-12(9-24-15)16(2,3)4/h9,11H,5-8H2,1-4H3,(H,17,20,21)(H,18,19,23)/t11-/m0/s1. The van der Waals surface area contributed by atoms with Crippen LogP contribution in [0.25, 0.3) is 0 Å². The molecule has 1 amide bonds. The van der Waals surface area contributed by atoms with Crippen LogP contribution in [0.5, 0.6) is 0 Å². The second-order valence-electron chi connectivity index (χ2n) is 7.24. The summed E-state index contributed by atoms with van der Waals surface area (Å²) in [5, 5.41) is 12.7. The van der Waals surface area contributed by atoms with E-state index in [4.69, 9.17) is 0 Å². The van der Waals surface area contributed by atoms with E-state index in [0.717, 1.165) is 36.7 Å². The lowest BCUT2D eigenvalue weighted by Gasteiger charge is -2.21. The van der Waals surface area contributed by atoms with E-state index >= 15 is 0 Å². The largest absolute Gasteiger partial charge is 0.301 e. The van der Waals surface area contributed by atoms with Crippen LogP contribution in [0.4, 0.5) is 5.13 Å². The van der Waals surface area contributed by atoms with Crippen molar-refractivity contribution in [1.82, 2.24) is 25.1 Å². The first-order chi connectivity index (χ1) is 11.3. The van der Waals surface area contributed by atoms with E-state index in [1.165, 1.54) is 11.3 Å². The van der Waals surface area contributed by atoms with Crippen LogP contribution in [-0.4, -0.2) is 44.1 Å². The minimum atomic E-state index is -0.0380. The first-order valence-corrected chi connectivity index (χ1v) is 9.10. The molecule has 2 aromatic heterocycles. The quantitative estimate of drug-likeness (QED) is 0.887. The Morgan fingerprint density at radius 2 is 2.25 bits per heavy atom. The lowest BCUT2D eigenvalue weighted by atomic mass is 9.93. The van der Waals surface area contributed by atoms with Crippen LogP contribution in [0.2, 0.25) is 0 Å². The average Bonchev–Trinajstić information content (AvgIpc) is 3.18. The summed E-state index contributed by atoms with van der Waals surface area (Å²) in [6, 6.07) is 0.113. The Kier molecular flexibility index (Phi) is 4.69. The van der Waals surface area contributed by atoms with Crippen molar-refractivity contribution in [3.8, 4) is 0 Å². The summed E-state index contributed by atoms with van der Waals surface area (Å²) in [5.41, 5.74) is 0.987. The molecule has 1 atom stereocenters. The van der Waals surface area contributed by atoms with Gasteiger partial charge in [-0.3, -0.25) is 14.8 Å². The van der Waals surface area contributed by atoms with E-state index in [0.29, 0.717) is 11.7 Å². The minimum absolute atomic E-state index is 0.0109. The summed E-state index contributed by atoms with van der Waals surface area (Å²) in [6.45, 7) is 9.45. The molecule has 0 saturated carbocycles. The highest BCUT2D eigenvalue weighted by Gasteiger charge is 2.30. The van der Waals surface area contributed by atoms with Crippen LogP contribution in [0, 0.1) is 6.92 Å². The molecule has 0 bridgehead atoms. The summed E-state index contributed by atoms with van der Waals surface area (Å²) < 4.78 is 0. The molecule has 8 heteroatoms. The highest BCUT2D eigenvalue weighted by molar-refractivity contribution is 7.13. The highest BCUT2D eigenvalue weighted by Crippen LogP contribution is 2.30. The van der Waals surface area contributed by atoms with Crippen LogP contribution >= 0.6 is 11.3 Å². The fourth-order valence-electron chi connectivity index (χ4n) is 2.84. The molecule has 1 saturated heterocycles. The molecule has 3 rings (SSSR count). The van der Waals surface area contributed by atoms with Crippen molar-refractivity contribution in [2.75, 3.05) is 18.4 Å². The molecule has 0 radical (unpaired) electrons. The Labute approximate surface area is 145 Å². The SMILES string of the molecule is Cc1nc([C@@H]2CCCN2CC(=O)Nc2nc(C(C)(C)C)cs2)n[nH]1. The van der Waals surface area contributed by atoms with Crippen molar-refractivity contribution < 1.29 is 4.79 Å². The maximum atomic E-state index is 12.4. The number of carbonyl (C=O) groups excluding carboxylic acids is 1. The van der Waals surface area contributed by atoms with Crippen molar-refractivity contribution in [1.29, 1.82) is 0 Å². The number of hydrogen-bond acceptors (Lipinski definition) is 6. The van der Waals surface area contributed by atoms with Crippen LogP contribution in [0.1, 0.15) is 57.0 Å². The Morgan fingerprint density at radius 1 is 1.46 bits per heavy atom. The molecule has 3 heterocycles. The first kappa shape index (κ1) is 17.0. The second-order valence-corrected chi connectivity index (χ2v) is 8.10. The number of nitrogens with zero attached hydrogens (tertiary/aromatic N) is 4. The average molecular weight is 348 g/mol. The zero-order chi connectivity index (χ0) is 17.3. The number of aryl methyl sites for hydroxylation is 1. The number of hydrogen-bond donors (Lipinski definition) is 2. The van der Waals surface area contributed by atoms with Crippen LogP contribution in [0.15, 0.2) is 5.38 Å². The van der Waals surface area contributed by atoms with Gasteiger partial charge in [-0.15, -0.1) is 11.3 Å². The minimum Gasteiger partial charge on any atom is -0.301 e. The number of anilines is 1. The number of nitrogens with one attached hydrogen (secondary N) is 2. The maximum Gasteiger partial charge on any atom is 0.240 e. The molecule has 1 fully saturated rings. The number of amides is 1. The molecule has 130 valence electrons. The van der Waals surface area contributed by atoms with Gasteiger partial charge in [0.25, 0.3) is 0 Å². The Hall–Kier alpha value is -1.80. The maximum absolute atomic E-state index is 12.4. The molecule has 0 aromatic carbocycles. The molecule has 0 aliphatic carbocycles. The van der Waals surface area contributed by atoms with Crippen molar-refractivity contribution in [3.05, 3.63) is 22.7 Å². The van der Waals surface area contributed by atoms with E-state index < -0.39 is 0 Å². The van der Waals surface area contributed by atoms with Crippen molar-refractivity contribution in [3.63, 3.8) is 0 Å². The lowest BCUT2D eigenvalue weighted by Crippen LogP contribution is -2.33. The third-order valence-electron chi connectivity index (χ3n) is 4.14. The monoisotopic (exact) mass is 348 g/mol. The van der Waals surface area contributed by atoms with Gasteiger partial charge in [0.1, 0.15) is 5.82 Å². The number of H-pyrrole nitrogens is 1. The topological polar surface area (TPSA) is 86.8 Å². The predicted octanol–water partition coefficient (Wildman–Crippen LogP) is 2.64. The molecule has 2 N–H and O–H groups in total. The Morgan fingerprint density at radius 3 is 2.88 bits per heavy atom. The van der Waals surface area contributed by atoms with Gasteiger partial charge >= 0.3 is 0 Å². The van der Waals surface area contributed by atoms with E-state index in [2.05, 4.69) is 51.2 Å². The number of thiazole rings is 1. The van der Waals surface area contributed by atoms with Gasteiger partial charge in [0, 0.05) is 10.8 Å². The molecule has 0 spiro atoms. The van der Waals surface area contributed by atoms with Crippen molar-refractivity contribution in [2.24, 2.45) is 0 Å². The van der Waals surface area contributed by atoms with Gasteiger partial charge in [0.15, 0.2) is 11.0 Å². The third kappa shape index (κ3) is 3.81. The van der Waals surface area contributed by atoms with Gasteiger partial charge in [0.05, 0.1) is 18.3 Å². The molecule has 1 aliphatic heterocycles. The van der Waals surface area contributed by atoms with Gasteiger partial charge in [-0.25, -0.2) is 9.97 Å². The van der Waals surface area contributed by atoms with Crippen molar-refractivity contribution >= 4 is 22.4 Å². The zero-order valence-corrected chi connectivity index (χ0v) is 15.4. The van der Waals surface area contributed by atoms with E-state index in [1.54, 1.807) is 0 Å². The molecular weight excluding hydrogens is 324 g/mol. The van der Waals surface area contributed by atoms with E-state index in [1.807, 2.05) is 12.3 Å². The summed E-state index contributed by atoms with van der Waals surface area (Å²) in [4.78, 5) is 23.4. The van der Waals surface area contributed by atoms with Gasteiger partial charge < -0.3 is 5.32 Å². The number of likely N-dealkylation sites (tertiary alicyclic amines) is 1. The fraction of sp³-hybridized carbons (Fsp3) is 0.625. The normalized spacial score (nSPS) is 18.9. The Bertz CT molecular complexity index is 716. The Balaban J connectivity index is 1.61. The summed E-state index contributed by atoms with van der Waals surface area (Å²) >= 11 is 1.47. The molecule has 7 nitrogen and oxygen atoms in total. The van der Waals surface area contributed by atoms with Gasteiger partial charge in [-0.05, 0) is 26.3 Å². The third-order valence-corrected chi connectivity index (χ3v) is 4.90.